The number of carbonyl (C=O) groups is 9. The number of nitrogens with zero attached hydrogens (tertiary/aromatic N) is 2. The number of aliphatic hydroxyl groups is 2. The summed E-state index contributed by atoms with van der Waals surface area (Å²) in [6, 6.07) is 6.68. The quantitative estimate of drug-likeness (QED) is 0.0344. The second-order valence-corrected chi connectivity index (χ2v) is 23.6. The predicted octanol–water partition coefficient (Wildman–Crippen LogP) is 6.45. The number of fused-ring (bicyclic) bond motifs is 4. The lowest BCUT2D eigenvalue weighted by molar-refractivity contribution is -0.141. The Kier molecular flexibility index (Phi) is 33.1. The van der Waals surface area contributed by atoms with Gasteiger partial charge in [-0.3, -0.25) is 34.1 Å². The summed E-state index contributed by atoms with van der Waals surface area (Å²) in [7, 11) is 5.99. The summed E-state index contributed by atoms with van der Waals surface area (Å²) in [5.74, 6) is -3.18. The van der Waals surface area contributed by atoms with Gasteiger partial charge in [0.15, 0.2) is 5.72 Å². The van der Waals surface area contributed by atoms with Crippen molar-refractivity contribution in [3.8, 4) is 5.75 Å². The van der Waals surface area contributed by atoms with Gasteiger partial charge in [-0.05, 0) is 108 Å². The van der Waals surface area contributed by atoms with Gasteiger partial charge in [0.2, 0.25) is 29.5 Å². The van der Waals surface area contributed by atoms with Gasteiger partial charge in [-0.15, -0.1) is 11.8 Å². The Balaban J connectivity index is 0.000000567. The largest absolute Gasteiger partial charge is 0.495 e. The number of amides is 9. The Hall–Kier alpha value is -6.71. The van der Waals surface area contributed by atoms with E-state index in [4.69, 9.17) is 36.7 Å². The molecule has 0 saturated carbocycles. The van der Waals surface area contributed by atoms with Crippen molar-refractivity contribution in [1.82, 2.24) is 31.5 Å². The van der Waals surface area contributed by atoms with Crippen LogP contribution in [0.5, 0.6) is 5.75 Å². The van der Waals surface area contributed by atoms with Crippen molar-refractivity contribution >= 4 is 104 Å². The molecule has 2 heterocycles. The van der Waals surface area contributed by atoms with Gasteiger partial charge in [0.25, 0.3) is 5.91 Å². The number of carbonyl (C=O) groups excluding carboxylic acids is 8. The third kappa shape index (κ3) is 26.1. The number of carboxylic acids is 1. The highest BCUT2D eigenvalue weighted by Gasteiger charge is 2.47. The van der Waals surface area contributed by atoms with Gasteiger partial charge in [-0.25, -0.2) is 14.4 Å². The molecule has 0 aromatic heterocycles. The number of unbranched alkanes of at least 4 members (excludes halogenated alkanes) is 2. The van der Waals surface area contributed by atoms with Crippen LogP contribution >= 0.6 is 39.3 Å². The van der Waals surface area contributed by atoms with Crippen LogP contribution in [0.15, 0.2) is 72.4 Å². The number of halogens is 2. The molecule has 1 saturated heterocycles. The normalized spacial score (nSPS) is 21.2. The van der Waals surface area contributed by atoms with Crippen molar-refractivity contribution in [2.24, 2.45) is 5.73 Å². The number of allylic oxidation sites excluding steroid dienone is 3. The molecule has 9 amide bonds. The van der Waals surface area contributed by atoms with E-state index in [-0.39, 0.29) is 68.5 Å². The minimum Gasteiger partial charge on any atom is -0.495 e. The van der Waals surface area contributed by atoms with Crippen molar-refractivity contribution < 1.29 is 72.7 Å². The van der Waals surface area contributed by atoms with Gasteiger partial charge >= 0.3 is 18.1 Å². The average Bonchev–Trinajstić information content (AvgIpc) is 1.38. The van der Waals surface area contributed by atoms with Crippen LogP contribution in [0.3, 0.4) is 0 Å². The number of aliphatic carboxylic acids is 1. The highest BCUT2D eigenvalue weighted by Crippen LogP contribution is 2.39. The molecule has 27 heteroatoms. The molecule has 24 nitrogen and oxygen atoms in total. The van der Waals surface area contributed by atoms with E-state index in [1.807, 2.05) is 25.1 Å². The van der Waals surface area contributed by atoms with Crippen LogP contribution in [0.1, 0.15) is 122 Å². The number of alkyl halides is 1. The van der Waals surface area contributed by atoms with Gasteiger partial charge in [0, 0.05) is 81.0 Å². The summed E-state index contributed by atoms with van der Waals surface area (Å²) in [6.07, 6.45) is 7.58. The summed E-state index contributed by atoms with van der Waals surface area (Å²) < 4.78 is 16.5. The van der Waals surface area contributed by atoms with Crippen molar-refractivity contribution in [2.75, 3.05) is 63.5 Å². The van der Waals surface area contributed by atoms with Crippen LogP contribution in [-0.2, 0) is 44.7 Å². The molecule has 2 aromatic rings. The van der Waals surface area contributed by atoms with Gasteiger partial charge in [-0.2, -0.15) is 0 Å². The molecule has 2 aliphatic rings. The van der Waals surface area contributed by atoms with E-state index in [9.17, 15) is 53.4 Å². The Morgan fingerprint density at radius 1 is 1.01 bits per heavy atom. The van der Waals surface area contributed by atoms with Crippen LogP contribution in [0.25, 0.3) is 0 Å². The predicted molar refractivity (Wildman–Crippen MR) is 335 cm³/mol. The smallest absolute Gasteiger partial charge is 0.409 e. The van der Waals surface area contributed by atoms with Gasteiger partial charge in [0.05, 0.1) is 19.3 Å². The molecule has 0 spiro atoms. The number of nitrogens with two attached hydrogens (primary N) is 1. The first kappa shape index (κ1) is 75.4. The van der Waals surface area contributed by atoms with Crippen LogP contribution in [0.4, 0.5) is 21.0 Å². The summed E-state index contributed by atoms with van der Waals surface area (Å²) in [5, 5.41) is 47.3. The Bertz CT molecular complexity index is 2720. The van der Waals surface area contributed by atoms with E-state index in [1.54, 1.807) is 33.0 Å². The van der Waals surface area contributed by atoms with Crippen LogP contribution in [0.2, 0.25) is 5.02 Å². The number of primary amides is 1. The van der Waals surface area contributed by atoms with Crippen molar-refractivity contribution in [2.45, 2.75) is 152 Å². The molecule has 11 N–H and O–H groups in total. The van der Waals surface area contributed by atoms with Gasteiger partial charge < -0.3 is 71.6 Å². The molecule has 0 aliphatic carbocycles. The van der Waals surface area contributed by atoms with E-state index >= 15 is 0 Å². The van der Waals surface area contributed by atoms with Crippen molar-refractivity contribution in [1.29, 1.82) is 0 Å². The number of nitrogens with one attached hydrogen (secondary N) is 6. The molecule has 4 rings (SSSR count). The maximum absolute atomic E-state index is 13.1. The zero-order valence-electron chi connectivity index (χ0n) is 50.8. The third-order valence-electron chi connectivity index (χ3n) is 13.3. The zero-order chi connectivity index (χ0) is 64.9. The lowest BCUT2D eigenvalue weighted by Crippen LogP contribution is -2.63. The monoisotopic (exact) mass is 1310 g/mol. The number of hydrogen-bond donors (Lipinski definition) is 10. The minimum atomic E-state index is -1.71. The van der Waals surface area contributed by atoms with E-state index in [2.05, 4.69) is 68.3 Å². The number of anilines is 2. The number of rotatable bonds is 22. The fourth-order valence-corrected chi connectivity index (χ4v) is 10.3. The molecule has 2 aromatic carbocycles. The van der Waals surface area contributed by atoms with E-state index in [0.717, 1.165) is 16.0 Å². The minimum absolute atomic E-state index is 0.0420. The molecule has 1 fully saturated rings. The van der Waals surface area contributed by atoms with Gasteiger partial charge in [0.1, 0.15) is 40.0 Å². The summed E-state index contributed by atoms with van der Waals surface area (Å²) in [4.78, 5) is 111. The molecular formula is C59H87BrClN9O15S. The highest BCUT2D eigenvalue weighted by molar-refractivity contribution is 9.09. The lowest BCUT2D eigenvalue weighted by Gasteiger charge is -2.42. The Morgan fingerprint density at radius 3 is 2.27 bits per heavy atom. The molecular weight excluding hydrogens is 1220 g/mol. The maximum atomic E-state index is 13.1. The van der Waals surface area contributed by atoms with Crippen LogP contribution in [-0.4, -0.2) is 167 Å². The van der Waals surface area contributed by atoms with Crippen LogP contribution in [0, 0.1) is 0 Å². The third-order valence-corrected chi connectivity index (χ3v) is 15.8. The summed E-state index contributed by atoms with van der Waals surface area (Å²) in [6.45, 7) is 14.9. The first-order valence-corrected chi connectivity index (χ1v) is 30.5. The van der Waals surface area contributed by atoms with Gasteiger partial charge in [-0.1, -0.05) is 84.6 Å². The molecule has 478 valence electrons. The second-order valence-electron chi connectivity index (χ2n) is 20.8. The van der Waals surface area contributed by atoms with E-state index in [1.165, 1.54) is 75.5 Å². The van der Waals surface area contributed by atoms with Crippen molar-refractivity contribution in [3.05, 3.63) is 88.5 Å². The summed E-state index contributed by atoms with van der Waals surface area (Å²) in [5.41, 5.74) is 6.71. The number of ether oxygens (including phenoxy) is 3. The number of benzene rings is 2. The Morgan fingerprint density at radius 2 is 1.66 bits per heavy atom. The standard InChI is InChI=1S/C29H42BrN7O8.C27H37ClN2O7S.C3H8/c1-18(16-30)25(40)32-14-6-4-5-9-23(38)34-17-24(39)36-22(8-7-15-33-29(31)45)26(41)35-21-12-10-20(11-13-21)27(42)37(3)19(2)28(43)44;1-16-8-7-9-22(36-6)27(34)15-21(37-25(32)29-27)17(2)38-26(3,33)11-10-23(31)30(4)19-13-18(12-16)14-20(35-5)24(19)28;1-3-2/h10-13,19,22H,1,4-9,14-17H2,2-3H3,(H,32,40)(H,34,38)(H,35,41)(H,36,39)(H,43,44)(H3,31,33,45);7-9,13-14,17,21-22,33-34H,10-12,15H2,1-6H3,(H,29,32);3H2,1-2H3/b;9-7+,16-8+;/t19-,22?;17-,21?,22-,26-,27+;/m01./s1. The number of methoxy groups -OCH3 is 2. The number of hydrogen-bond acceptors (Lipinski definition) is 15. The number of likely N-dealkylation sites (N-methyl/N-ethyl adjacent to an activating group) is 1. The average molecular weight is 1310 g/mol. The molecule has 2 unspecified atom stereocenters. The van der Waals surface area contributed by atoms with Crippen LogP contribution < -0.4 is 47.3 Å². The Labute approximate surface area is 521 Å². The molecule has 86 heavy (non-hydrogen) atoms. The molecule has 0 radical (unpaired) electrons. The molecule has 7 atom stereocenters. The maximum Gasteiger partial charge on any atom is 0.409 e. The lowest BCUT2D eigenvalue weighted by atomic mass is 9.95. The first-order chi connectivity index (χ1) is 40.5. The number of alkyl carbamates (subject to hydrolysis) is 1. The number of thioether (sulfide) groups is 1. The van der Waals surface area contributed by atoms with E-state index in [0.29, 0.717) is 71.7 Å². The topological polar surface area (TPSA) is 347 Å². The first-order valence-electron chi connectivity index (χ1n) is 28.1. The second kappa shape index (κ2) is 37.8. The van der Waals surface area contributed by atoms with E-state index < -0.39 is 76.0 Å². The fraction of sp³-hybridized carbons (Fsp3) is 0.542. The molecule has 4 bridgehead atoms. The molecule has 2 aliphatic heterocycles. The summed E-state index contributed by atoms with van der Waals surface area (Å²) >= 11 is 10.9. The fourth-order valence-electron chi connectivity index (χ4n) is 8.38. The number of carboxylic acid groups (broad SMARTS) is 1. The number of urea groups is 1. The SMILES string of the molecule is C=C(CBr)C(=O)NCCCCCC(=O)NCC(=O)NC(CCCNC(N)=O)C(=O)Nc1ccc(C(=O)N(C)[C@@H](C)C(=O)O)cc1.CCC.COc1cc2cc(c1Cl)N(C)C(=O)CC[C@](C)(O)S[C@H](C)C1C[C@@](O)(NC(=O)O1)[C@H](OC)/C=C/C=C(\C)C2. The zero-order valence-corrected chi connectivity index (χ0v) is 53.9. The highest BCUT2D eigenvalue weighted by atomic mass is 79.9. The van der Waals surface area contributed by atoms with Crippen molar-refractivity contribution in [3.63, 3.8) is 0 Å².